The van der Waals surface area contributed by atoms with Gasteiger partial charge in [-0.2, -0.15) is 0 Å². The number of hydrogen-bond donors (Lipinski definition) is 0. The Bertz CT molecular complexity index is 918. The number of nitrogens with zero attached hydrogens (tertiary/aromatic N) is 1. The highest BCUT2D eigenvalue weighted by molar-refractivity contribution is 7.91. The van der Waals surface area contributed by atoms with Gasteiger partial charge in [0.15, 0.2) is 9.84 Å². The standard InChI is InChI=1S/C21H27NO5S/c1-3-4-12-26-20-8-6-5-7-19(20)21(23)22(14-18-10-9-16(2)27-18)17-11-13-28(24,25)15-17/h5-10,17H,3-4,11-15H2,1-2H3/t17-/m0/s1. The number of unbranched alkanes of at least 4 members (excludes halogenated alkanes) is 1. The van der Waals surface area contributed by atoms with Crippen LogP contribution in [0.4, 0.5) is 0 Å². The lowest BCUT2D eigenvalue weighted by Gasteiger charge is -2.28. The summed E-state index contributed by atoms with van der Waals surface area (Å²) in [5, 5.41) is 0. The zero-order valence-corrected chi connectivity index (χ0v) is 17.2. The molecular formula is C21H27NO5S. The van der Waals surface area contributed by atoms with E-state index in [-0.39, 0.29) is 30.0 Å². The van der Waals surface area contributed by atoms with E-state index in [2.05, 4.69) is 6.92 Å². The van der Waals surface area contributed by atoms with Crippen molar-refractivity contribution < 1.29 is 22.4 Å². The highest BCUT2D eigenvalue weighted by Crippen LogP contribution is 2.26. The Morgan fingerprint density at radius 1 is 1.25 bits per heavy atom. The third kappa shape index (κ3) is 4.95. The van der Waals surface area contributed by atoms with Crippen molar-refractivity contribution in [2.45, 2.75) is 45.7 Å². The minimum Gasteiger partial charge on any atom is -0.493 e. The number of benzene rings is 1. The largest absolute Gasteiger partial charge is 0.493 e. The maximum Gasteiger partial charge on any atom is 0.258 e. The monoisotopic (exact) mass is 405 g/mol. The minimum atomic E-state index is -3.13. The smallest absolute Gasteiger partial charge is 0.258 e. The summed E-state index contributed by atoms with van der Waals surface area (Å²) in [6.07, 6.45) is 2.34. The van der Waals surface area contributed by atoms with Crippen LogP contribution in [0.3, 0.4) is 0 Å². The van der Waals surface area contributed by atoms with Crippen molar-refractivity contribution in [3.8, 4) is 5.75 Å². The Morgan fingerprint density at radius 2 is 2.04 bits per heavy atom. The fraction of sp³-hybridized carbons (Fsp3) is 0.476. The first-order chi connectivity index (χ1) is 13.4. The molecule has 1 fully saturated rings. The molecule has 0 aliphatic carbocycles. The quantitative estimate of drug-likeness (QED) is 0.627. The van der Waals surface area contributed by atoms with Crippen LogP contribution in [-0.4, -0.2) is 43.4 Å². The molecule has 1 aliphatic rings. The number of aryl methyl sites for hydroxylation is 1. The molecule has 1 aromatic heterocycles. The summed E-state index contributed by atoms with van der Waals surface area (Å²) in [4.78, 5) is 15.0. The van der Waals surface area contributed by atoms with E-state index in [1.165, 1.54) is 0 Å². The van der Waals surface area contributed by atoms with Crippen molar-refractivity contribution in [2.75, 3.05) is 18.1 Å². The van der Waals surface area contributed by atoms with Crippen molar-refractivity contribution in [2.24, 2.45) is 0 Å². The van der Waals surface area contributed by atoms with E-state index in [0.717, 1.165) is 18.6 Å². The van der Waals surface area contributed by atoms with Gasteiger partial charge >= 0.3 is 0 Å². The lowest BCUT2D eigenvalue weighted by Crippen LogP contribution is -2.40. The molecule has 1 amide bonds. The second kappa shape index (κ2) is 8.82. The Kier molecular flexibility index (Phi) is 6.44. The molecule has 152 valence electrons. The molecule has 1 aromatic carbocycles. The van der Waals surface area contributed by atoms with E-state index in [4.69, 9.17) is 9.15 Å². The average Bonchev–Trinajstić information content (AvgIpc) is 3.24. The molecule has 0 bridgehead atoms. The van der Waals surface area contributed by atoms with Crippen LogP contribution >= 0.6 is 0 Å². The SMILES string of the molecule is CCCCOc1ccccc1C(=O)N(Cc1ccc(C)o1)[C@H]1CCS(=O)(=O)C1. The topological polar surface area (TPSA) is 76.8 Å². The summed E-state index contributed by atoms with van der Waals surface area (Å²) in [6.45, 7) is 4.69. The maximum atomic E-state index is 13.4. The van der Waals surface area contributed by atoms with E-state index in [0.29, 0.717) is 30.1 Å². The first-order valence-corrected chi connectivity index (χ1v) is 11.5. The Labute approximate surface area is 166 Å². The van der Waals surface area contributed by atoms with Gasteiger partial charge in [0, 0.05) is 6.04 Å². The molecule has 0 radical (unpaired) electrons. The first-order valence-electron chi connectivity index (χ1n) is 9.68. The van der Waals surface area contributed by atoms with Crippen LogP contribution in [0.1, 0.15) is 48.1 Å². The zero-order chi connectivity index (χ0) is 20.1. The lowest BCUT2D eigenvalue weighted by atomic mass is 10.1. The summed E-state index contributed by atoms with van der Waals surface area (Å²) >= 11 is 0. The number of rotatable bonds is 8. The number of amides is 1. The van der Waals surface area contributed by atoms with Crippen LogP contribution < -0.4 is 4.74 Å². The van der Waals surface area contributed by atoms with Crippen LogP contribution in [0.5, 0.6) is 5.75 Å². The average molecular weight is 406 g/mol. The number of carbonyl (C=O) groups excluding carboxylic acids is 1. The highest BCUT2D eigenvalue weighted by Gasteiger charge is 2.36. The molecule has 2 heterocycles. The molecule has 0 saturated carbocycles. The molecule has 0 spiro atoms. The van der Waals surface area contributed by atoms with Crippen molar-refractivity contribution in [1.82, 2.24) is 4.90 Å². The number of ether oxygens (including phenoxy) is 1. The van der Waals surface area contributed by atoms with E-state index >= 15 is 0 Å². The van der Waals surface area contributed by atoms with Gasteiger partial charge in [0.2, 0.25) is 0 Å². The van der Waals surface area contributed by atoms with Crippen LogP contribution in [0.2, 0.25) is 0 Å². The first kappa shape index (κ1) is 20.5. The Morgan fingerprint density at radius 3 is 2.68 bits per heavy atom. The lowest BCUT2D eigenvalue weighted by molar-refractivity contribution is 0.0661. The van der Waals surface area contributed by atoms with Gasteiger partial charge in [-0.1, -0.05) is 25.5 Å². The Hall–Kier alpha value is -2.28. The second-order valence-corrected chi connectivity index (χ2v) is 9.43. The van der Waals surface area contributed by atoms with Gasteiger partial charge in [0.1, 0.15) is 17.3 Å². The fourth-order valence-electron chi connectivity index (χ4n) is 3.38. The number of hydrogen-bond acceptors (Lipinski definition) is 5. The van der Waals surface area contributed by atoms with Crippen molar-refractivity contribution in [3.05, 3.63) is 53.5 Å². The van der Waals surface area contributed by atoms with E-state index in [1.807, 2.05) is 25.1 Å². The van der Waals surface area contributed by atoms with Crippen molar-refractivity contribution >= 4 is 15.7 Å². The molecule has 0 unspecified atom stereocenters. The normalized spacial score (nSPS) is 18.1. The van der Waals surface area contributed by atoms with Gasteiger partial charge in [0.05, 0.1) is 30.2 Å². The number of para-hydroxylation sites is 1. The predicted molar refractivity (Wildman–Crippen MR) is 107 cm³/mol. The van der Waals surface area contributed by atoms with Crippen molar-refractivity contribution in [1.29, 1.82) is 0 Å². The van der Waals surface area contributed by atoms with E-state index in [9.17, 15) is 13.2 Å². The molecule has 1 atom stereocenters. The van der Waals surface area contributed by atoms with Crippen molar-refractivity contribution in [3.63, 3.8) is 0 Å². The van der Waals surface area contributed by atoms with Crippen LogP contribution in [0.15, 0.2) is 40.8 Å². The molecule has 1 saturated heterocycles. The predicted octanol–water partition coefficient (Wildman–Crippen LogP) is 3.60. The fourth-order valence-corrected chi connectivity index (χ4v) is 5.11. The molecule has 28 heavy (non-hydrogen) atoms. The summed E-state index contributed by atoms with van der Waals surface area (Å²) in [7, 11) is -3.13. The number of sulfone groups is 1. The highest BCUT2D eigenvalue weighted by atomic mass is 32.2. The van der Waals surface area contributed by atoms with Gasteiger partial charge in [-0.25, -0.2) is 8.42 Å². The van der Waals surface area contributed by atoms with Gasteiger partial charge < -0.3 is 14.1 Å². The molecule has 2 aromatic rings. The van der Waals surface area contributed by atoms with Gasteiger partial charge in [-0.3, -0.25) is 4.79 Å². The minimum absolute atomic E-state index is 0.0166. The van der Waals surface area contributed by atoms with Gasteiger partial charge in [-0.15, -0.1) is 0 Å². The third-order valence-corrected chi connectivity index (χ3v) is 6.66. The number of furan rings is 1. The van der Waals surface area contributed by atoms with Crippen LogP contribution in [-0.2, 0) is 16.4 Å². The third-order valence-electron chi connectivity index (χ3n) is 4.91. The Balaban J connectivity index is 1.88. The number of carbonyl (C=O) groups is 1. The maximum absolute atomic E-state index is 13.4. The second-order valence-electron chi connectivity index (χ2n) is 7.20. The molecule has 6 nitrogen and oxygen atoms in total. The van der Waals surface area contributed by atoms with Crippen LogP contribution in [0, 0.1) is 6.92 Å². The molecule has 7 heteroatoms. The van der Waals surface area contributed by atoms with Gasteiger partial charge in [0.25, 0.3) is 5.91 Å². The van der Waals surface area contributed by atoms with E-state index < -0.39 is 9.84 Å². The molecule has 3 rings (SSSR count). The molecule has 1 aliphatic heterocycles. The summed E-state index contributed by atoms with van der Waals surface area (Å²) in [5.74, 6) is 1.78. The molecular weight excluding hydrogens is 378 g/mol. The van der Waals surface area contributed by atoms with Gasteiger partial charge in [-0.05, 0) is 44.0 Å². The zero-order valence-electron chi connectivity index (χ0n) is 16.4. The summed E-state index contributed by atoms with van der Waals surface area (Å²) < 4.78 is 35.5. The summed E-state index contributed by atoms with van der Waals surface area (Å²) in [6, 6.07) is 10.4. The summed E-state index contributed by atoms with van der Waals surface area (Å²) in [5.41, 5.74) is 0.450. The van der Waals surface area contributed by atoms with Crippen LogP contribution in [0.25, 0.3) is 0 Å². The molecule has 0 N–H and O–H groups in total. The van der Waals surface area contributed by atoms with E-state index in [1.54, 1.807) is 23.1 Å².